The summed E-state index contributed by atoms with van der Waals surface area (Å²) in [5.41, 5.74) is 1.03. The highest BCUT2D eigenvalue weighted by atomic mass is 19.1. The number of Topliss-reactive ketones (excluding diaryl/α,β-unsaturated/α-hetero) is 1. The van der Waals surface area contributed by atoms with Gasteiger partial charge in [0, 0.05) is 19.2 Å². The number of carbonyl (C=O) groups is 3. The number of amides is 1. The van der Waals surface area contributed by atoms with Crippen LogP contribution in [-0.4, -0.2) is 48.9 Å². The highest BCUT2D eigenvalue weighted by molar-refractivity contribution is 6.14. The van der Waals surface area contributed by atoms with Crippen molar-refractivity contribution in [1.82, 2.24) is 4.90 Å². The first kappa shape index (κ1) is 22.5. The summed E-state index contributed by atoms with van der Waals surface area (Å²) in [5.74, 6) is -0.311. The molecule has 4 rings (SSSR count). The van der Waals surface area contributed by atoms with Gasteiger partial charge in [0.05, 0.1) is 18.1 Å². The van der Waals surface area contributed by atoms with Crippen LogP contribution in [0.1, 0.15) is 35.7 Å². The molecule has 0 spiro atoms. The first-order chi connectivity index (χ1) is 15.9. The summed E-state index contributed by atoms with van der Waals surface area (Å²) in [5, 5.41) is 0. The summed E-state index contributed by atoms with van der Waals surface area (Å²) in [4.78, 5) is 38.6. The van der Waals surface area contributed by atoms with E-state index in [1.165, 1.54) is 12.1 Å². The van der Waals surface area contributed by atoms with Gasteiger partial charge < -0.3 is 19.1 Å². The minimum Gasteiger partial charge on any atom is -0.484 e. The van der Waals surface area contributed by atoms with Crippen LogP contribution < -0.4 is 9.47 Å². The van der Waals surface area contributed by atoms with Gasteiger partial charge >= 0.3 is 5.97 Å². The van der Waals surface area contributed by atoms with Gasteiger partial charge in [-0.05, 0) is 55.7 Å². The Morgan fingerprint density at radius 3 is 2.58 bits per heavy atom. The van der Waals surface area contributed by atoms with Gasteiger partial charge in [0.1, 0.15) is 17.3 Å². The quantitative estimate of drug-likeness (QED) is 0.491. The number of hydrogen-bond donors (Lipinski definition) is 0. The monoisotopic (exact) mass is 453 g/mol. The number of allylic oxidation sites excluding steroid dienone is 1. The Kier molecular flexibility index (Phi) is 6.72. The summed E-state index contributed by atoms with van der Waals surface area (Å²) in [6, 6.07) is 10.5. The molecule has 2 aliphatic heterocycles. The summed E-state index contributed by atoms with van der Waals surface area (Å²) in [7, 11) is 0. The van der Waals surface area contributed by atoms with Crippen LogP contribution in [0.3, 0.4) is 0 Å². The number of carbonyl (C=O) groups excluding carboxylic acids is 3. The number of ether oxygens (including phenoxy) is 3. The standard InChI is InChI=1S/C25H24FNO6/c1-2-31-25(30)17-9-11-27(12-10-17)23(28)15-32-19-7-8-20-21(14-19)33-22(24(20)29)13-16-3-5-18(26)6-4-16/h3-8,13-14,17H,2,9-12,15H2,1H3. The molecule has 0 bridgehead atoms. The van der Waals surface area contributed by atoms with Crippen LogP contribution in [0.5, 0.6) is 11.5 Å². The third kappa shape index (κ3) is 5.22. The van der Waals surface area contributed by atoms with E-state index in [-0.39, 0.29) is 41.8 Å². The van der Waals surface area contributed by atoms with Crippen molar-refractivity contribution in [1.29, 1.82) is 0 Å². The van der Waals surface area contributed by atoms with Gasteiger partial charge in [-0.2, -0.15) is 0 Å². The minimum atomic E-state index is -0.362. The summed E-state index contributed by atoms with van der Waals surface area (Å²) in [6.45, 7) is 2.92. The fourth-order valence-electron chi connectivity index (χ4n) is 3.83. The van der Waals surface area contributed by atoms with Gasteiger partial charge in [0.25, 0.3) is 5.91 Å². The molecule has 2 heterocycles. The summed E-state index contributed by atoms with van der Waals surface area (Å²) >= 11 is 0. The molecular formula is C25H24FNO6. The molecule has 0 unspecified atom stereocenters. The largest absolute Gasteiger partial charge is 0.484 e. The predicted molar refractivity (Wildman–Crippen MR) is 117 cm³/mol. The van der Waals surface area contributed by atoms with E-state index in [1.54, 1.807) is 48.2 Å². The van der Waals surface area contributed by atoms with Gasteiger partial charge in [-0.15, -0.1) is 0 Å². The van der Waals surface area contributed by atoms with E-state index in [1.807, 2.05) is 0 Å². The van der Waals surface area contributed by atoms with Crippen LogP contribution in [0.4, 0.5) is 4.39 Å². The summed E-state index contributed by atoms with van der Waals surface area (Å²) in [6.07, 6.45) is 2.69. The van der Waals surface area contributed by atoms with Gasteiger partial charge in [0.15, 0.2) is 12.4 Å². The lowest BCUT2D eigenvalue weighted by molar-refractivity contribution is -0.151. The van der Waals surface area contributed by atoms with E-state index in [2.05, 4.69) is 0 Å². The Bertz CT molecular complexity index is 1090. The van der Waals surface area contributed by atoms with Crippen molar-refractivity contribution < 1.29 is 33.0 Å². The normalized spacial score (nSPS) is 17.0. The molecule has 172 valence electrons. The topological polar surface area (TPSA) is 82.1 Å². The lowest BCUT2D eigenvalue weighted by Crippen LogP contribution is -2.42. The average Bonchev–Trinajstić information content (AvgIpc) is 3.13. The van der Waals surface area contributed by atoms with Crippen LogP contribution in [0.25, 0.3) is 6.08 Å². The number of ketones is 1. The van der Waals surface area contributed by atoms with Crippen molar-refractivity contribution in [3.63, 3.8) is 0 Å². The second kappa shape index (κ2) is 9.85. The average molecular weight is 453 g/mol. The molecule has 0 atom stereocenters. The van der Waals surface area contributed by atoms with Crippen molar-refractivity contribution in [2.24, 2.45) is 5.92 Å². The molecule has 7 nitrogen and oxygen atoms in total. The van der Waals surface area contributed by atoms with Gasteiger partial charge in [-0.25, -0.2) is 4.39 Å². The zero-order valence-corrected chi connectivity index (χ0v) is 18.2. The van der Waals surface area contributed by atoms with Crippen molar-refractivity contribution >= 4 is 23.7 Å². The SMILES string of the molecule is CCOC(=O)C1CCN(C(=O)COc2ccc3c(c2)OC(=Cc2ccc(F)cc2)C3=O)CC1. The Hall–Kier alpha value is -3.68. The van der Waals surface area contributed by atoms with E-state index < -0.39 is 0 Å². The fourth-order valence-corrected chi connectivity index (χ4v) is 3.83. The molecule has 0 N–H and O–H groups in total. The van der Waals surface area contributed by atoms with Crippen molar-refractivity contribution in [3.05, 3.63) is 65.2 Å². The van der Waals surface area contributed by atoms with E-state index in [9.17, 15) is 18.8 Å². The number of piperidine rings is 1. The second-order valence-electron chi connectivity index (χ2n) is 7.85. The molecule has 2 aromatic carbocycles. The summed E-state index contributed by atoms with van der Waals surface area (Å²) < 4.78 is 29.4. The number of halogens is 1. The first-order valence-corrected chi connectivity index (χ1v) is 10.9. The first-order valence-electron chi connectivity index (χ1n) is 10.9. The Morgan fingerprint density at radius 1 is 1.15 bits per heavy atom. The molecule has 0 radical (unpaired) electrons. The molecule has 0 saturated carbocycles. The highest BCUT2D eigenvalue weighted by Gasteiger charge is 2.29. The number of fused-ring (bicyclic) bond motifs is 1. The number of esters is 1. The van der Waals surface area contributed by atoms with Crippen molar-refractivity contribution in [3.8, 4) is 11.5 Å². The van der Waals surface area contributed by atoms with Crippen LogP contribution in [0.15, 0.2) is 48.2 Å². The smallest absolute Gasteiger partial charge is 0.309 e. The molecule has 1 amide bonds. The Balaban J connectivity index is 1.33. The van der Waals surface area contributed by atoms with Gasteiger partial charge in [0.2, 0.25) is 5.78 Å². The lowest BCUT2D eigenvalue weighted by Gasteiger charge is -2.30. The van der Waals surface area contributed by atoms with Crippen LogP contribution in [0, 0.1) is 11.7 Å². The molecule has 33 heavy (non-hydrogen) atoms. The molecular weight excluding hydrogens is 429 g/mol. The van der Waals surface area contributed by atoms with Crippen LogP contribution in [0.2, 0.25) is 0 Å². The fraction of sp³-hybridized carbons (Fsp3) is 0.320. The third-order valence-corrected chi connectivity index (χ3v) is 5.64. The van der Waals surface area contributed by atoms with Crippen molar-refractivity contribution in [2.75, 3.05) is 26.3 Å². The Labute approximate surface area is 190 Å². The maximum atomic E-state index is 13.1. The highest BCUT2D eigenvalue weighted by Crippen LogP contribution is 2.35. The number of benzene rings is 2. The van der Waals surface area contributed by atoms with E-state index >= 15 is 0 Å². The zero-order valence-electron chi connectivity index (χ0n) is 18.2. The van der Waals surface area contributed by atoms with E-state index in [4.69, 9.17) is 14.2 Å². The maximum Gasteiger partial charge on any atom is 0.309 e. The molecule has 2 aliphatic rings. The predicted octanol–water partition coefficient (Wildman–Crippen LogP) is 3.62. The third-order valence-electron chi connectivity index (χ3n) is 5.64. The van der Waals surface area contributed by atoms with Gasteiger partial charge in [-0.3, -0.25) is 14.4 Å². The van der Waals surface area contributed by atoms with E-state index in [0.29, 0.717) is 55.2 Å². The maximum absolute atomic E-state index is 13.1. The minimum absolute atomic E-state index is 0.134. The second-order valence-corrected chi connectivity index (χ2v) is 7.85. The number of hydrogen-bond acceptors (Lipinski definition) is 6. The molecule has 2 aromatic rings. The molecule has 1 fully saturated rings. The van der Waals surface area contributed by atoms with Gasteiger partial charge in [-0.1, -0.05) is 12.1 Å². The Morgan fingerprint density at radius 2 is 1.88 bits per heavy atom. The van der Waals surface area contributed by atoms with Crippen LogP contribution in [-0.2, 0) is 14.3 Å². The van der Waals surface area contributed by atoms with E-state index in [0.717, 1.165) is 0 Å². The zero-order chi connectivity index (χ0) is 23.4. The lowest BCUT2D eigenvalue weighted by atomic mass is 9.97. The van der Waals surface area contributed by atoms with Crippen LogP contribution >= 0.6 is 0 Å². The molecule has 8 heteroatoms. The van der Waals surface area contributed by atoms with Crippen molar-refractivity contribution in [2.45, 2.75) is 19.8 Å². The number of rotatable bonds is 6. The number of likely N-dealkylation sites (tertiary alicyclic amines) is 1. The molecule has 0 aromatic heterocycles. The molecule has 0 aliphatic carbocycles. The number of nitrogens with zero attached hydrogens (tertiary/aromatic N) is 1. The molecule has 1 saturated heterocycles.